The van der Waals surface area contributed by atoms with E-state index in [4.69, 9.17) is 4.74 Å². The molecule has 2 bridgehead atoms. The van der Waals surface area contributed by atoms with Crippen molar-refractivity contribution in [2.45, 2.75) is 92.8 Å². The molecule has 1 spiro atoms. The van der Waals surface area contributed by atoms with E-state index < -0.39 is 39.5 Å². The average molecular weight is 519 g/mol. The predicted molar refractivity (Wildman–Crippen MR) is 148 cm³/mol. The summed E-state index contributed by atoms with van der Waals surface area (Å²) in [5.74, 6) is -0.977. The van der Waals surface area contributed by atoms with Crippen LogP contribution in [0.4, 0.5) is 0 Å². The highest BCUT2D eigenvalue weighted by Crippen LogP contribution is 2.68. The number of Topliss-reactive ketones (excluding diaryl/α,β-unsaturated/α-hetero) is 3. The lowest BCUT2D eigenvalue weighted by Crippen LogP contribution is -2.69. The quantitative estimate of drug-likeness (QED) is 0.251. The van der Waals surface area contributed by atoms with Crippen molar-refractivity contribution in [3.8, 4) is 0 Å². The Morgan fingerprint density at radius 1 is 1.03 bits per heavy atom. The van der Waals surface area contributed by atoms with Crippen molar-refractivity contribution in [3.63, 3.8) is 0 Å². The summed E-state index contributed by atoms with van der Waals surface area (Å²) in [6.45, 7) is 15.2. The largest absolute Gasteiger partial charge is 0.490 e. The molecule has 38 heavy (non-hydrogen) atoms. The van der Waals surface area contributed by atoms with Gasteiger partial charge in [0.1, 0.15) is 11.9 Å². The molecule has 1 aromatic carbocycles. The molecular formula is C33H42O5. The van der Waals surface area contributed by atoms with Crippen molar-refractivity contribution < 1.29 is 24.2 Å². The van der Waals surface area contributed by atoms with Crippen LogP contribution in [-0.2, 0) is 14.3 Å². The molecule has 2 fully saturated rings. The highest BCUT2D eigenvalue weighted by Gasteiger charge is 2.77. The van der Waals surface area contributed by atoms with Gasteiger partial charge >= 0.3 is 0 Å². The summed E-state index contributed by atoms with van der Waals surface area (Å²) in [5, 5.41) is 11.0. The van der Waals surface area contributed by atoms with E-state index >= 15 is 0 Å². The van der Waals surface area contributed by atoms with Crippen molar-refractivity contribution in [2.24, 2.45) is 22.2 Å². The molecule has 1 heterocycles. The van der Waals surface area contributed by atoms with Gasteiger partial charge in [0.05, 0.1) is 11.0 Å². The molecule has 0 amide bonds. The summed E-state index contributed by atoms with van der Waals surface area (Å²) in [7, 11) is 0. The summed E-state index contributed by atoms with van der Waals surface area (Å²) < 4.78 is 6.40. The van der Waals surface area contributed by atoms with Crippen LogP contribution < -0.4 is 0 Å². The van der Waals surface area contributed by atoms with Crippen molar-refractivity contribution in [2.75, 3.05) is 0 Å². The lowest BCUT2D eigenvalue weighted by molar-refractivity contribution is -0.162. The second kappa shape index (κ2) is 9.44. The minimum atomic E-state index is -1.88. The van der Waals surface area contributed by atoms with Crippen LogP contribution in [0, 0.1) is 22.2 Å². The van der Waals surface area contributed by atoms with Crippen LogP contribution in [0.1, 0.15) is 91.4 Å². The monoisotopic (exact) mass is 518 g/mol. The first-order valence-corrected chi connectivity index (χ1v) is 13.7. The Kier molecular flexibility index (Phi) is 7.01. The molecule has 0 unspecified atom stereocenters. The van der Waals surface area contributed by atoms with Crippen molar-refractivity contribution in [3.05, 3.63) is 70.5 Å². The molecule has 4 atom stereocenters. The molecular weight excluding hydrogens is 476 g/mol. The standard InChI is InChI=1S/C33H42O5/c1-20(2)14-16-23-18-32-19-25(31(7,8)37)38-28(32)24(17-15-21(3)4)27(35)33(29(32)36,30(23,5)6)26(34)22-12-10-9-11-13-22/h9-15,23,25,37H,16-19H2,1-8H3/t23-,25-,32-,33-/m0/s1. The number of rotatable bonds is 7. The smallest absolute Gasteiger partial charge is 0.184 e. The summed E-state index contributed by atoms with van der Waals surface area (Å²) in [4.78, 5) is 44.4. The highest BCUT2D eigenvalue weighted by atomic mass is 16.5. The van der Waals surface area contributed by atoms with E-state index in [1.807, 2.05) is 53.7 Å². The maximum Gasteiger partial charge on any atom is 0.184 e. The highest BCUT2D eigenvalue weighted by molar-refractivity contribution is 6.36. The number of hydrogen-bond donors (Lipinski definition) is 1. The van der Waals surface area contributed by atoms with Gasteiger partial charge in [0.25, 0.3) is 0 Å². The number of benzene rings is 1. The summed E-state index contributed by atoms with van der Waals surface area (Å²) in [6, 6.07) is 8.74. The molecule has 0 radical (unpaired) electrons. The first-order valence-electron chi connectivity index (χ1n) is 13.7. The molecule has 1 N–H and O–H groups in total. The zero-order chi connectivity index (χ0) is 28.3. The van der Waals surface area contributed by atoms with Crippen molar-refractivity contribution >= 4 is 17.3 Å². The molecule has 1 aromatic rings. The van der Waals surface area contributed by atoms with Crippen LogP contribution in [0.3, 0.4) is 0 Å². The molecule has 1 saturated carbocycles. The maximum atomic E-state index is 14.9. The number of carbonyl (C=O) groups excluding carboxylic acids is 3. The maximum absolute atomic E-state index is 14.9. The summed E-state index contributed by atoms with van der Waals surface area (Å²) >= 11 is 0. The van der Waals surface area contributed by atoms with E-state index in [2.05, 4.69) is 6.08 Å². The Balaban J connectivity index is 2.07. The Morgan fingerprint density at radius 2 is 1.63 bits per heavy atom. The SMILES string of the molecule is CC(C)=CCC1=C2O[C@H](C(C)(C)O)C[C@@]23C[C@H](CC=C(C)C)C(C)(C)[C@@](C(=O)c2ccccc2)(C1=O)C3=O. The number of carbonyl (C=O) groups is 3. The molecule has 4 rings (SSSR count). The normalized spacial score (nSPS) is 29.9. The molecule has 1 aliphatic heterocycles. The van der Waals surface area contributed by atoms with Crippen LogP contribution in [0.5, 0.6) is 0 Å². The average Bonchev–Trinajstić information content (AvgIpc) is 3.22. The molecule has 204 valence electrons. The number of aliphatic hydroxyl groups is 1. The third kappa shape index (κ3) is 4.05. The van der Waals surface area contributed by atoms with Crippen LogP contribution in [0.25, 0.3) is 0 Å². The van der Waals surface area contributed by atoms with E-state index in [1.54, 1.807) is 38.1 Å². The molecule has 0 aromatic heterocycles. The van der Waals surface area contributed by atoms with Crippen LogP contribution in [0.2, 0.25) is 0 Å². The van der Waals surface area contributed by atoms with Crippen LogP contribution in [0.15, 0.2) is 65.0 Å². The van der Waals surface area contributed by atoms with E-state index in [9.17, 15) is 19.5 Å². The fourth-order valence-corrected chi connectivity index (χ4v) is 6.84. The third-order valence-corrected chi connectivity index (χ3v) is 9.16. The lowest BCUT2D eigenvalue weighted by atomic mass is 9.39. The minimum absolute atomic E-state index is 0.129. The Hall–Kier alpha value is -2.79. The third-order valence-electron chi connectivity index (χ3n) is 9.16. The van der Waals surface area contributed by atoms with E-state index in [-0.39, 0.29) is 24.5 Å². The van der Waals surface area contributed by atoms with Gasteiger partial charge in [-0.05, 0) is 72.1 Å². The molecule has 1 saturated heterocycles. The fraction of sp³-hybridized carbons (Fsp3) is 0.545. The number of ether oxygens (including phenoxy) is 1. The molecule has 5 nitrogen and oxygen atoms in total. The van der Waals surface area contributed by atoms with Crippen molar-refractivity contribution in [1.82, 2.24) is 0 Å². The van der Waals surface area contributed by atoms with Crippen LogP contribution in [-0.4, -0.2) is 34.2 Å². The number of hydrogen-bond acceptors (Lipinski definition) is 5. The summed E-state index contributed by atoms with van der Waals surface area (Å²) in [6.07, 6.45) is 5.07. The molecule has 2 aliphatic carbocycles. The van der Waals surface area contributed by atoms with Gasteiger partial charge in [-0.15, -0.1) is 0 Å². The minimum Gasteiger partial charge on any atom is -0.490 e. The Morgan fingerprint density at radius 3 is 2.18 bits per heavy atom. The van der Waals surface area contributed by atoms with E-state index in [0.717, 1.165) is 11.1 Å². The van der Waals surface area contributed by atoms with Gasteiger partial charge < -0.3 is 9.84 Å². The van der Waals surface area contributed by atoms with Gasteiger partial charge in [0, 0.05) is 17.6 Å². The second-order valence-corrected chi connectivity index (χ2v) is 13.1. The van der Waals surface area contributed by atoms with Gasteiger partial charge in [0.15, 0.2) is 22.8 Å². The lowest BCUT2D eigenvalue weighted by Gasteiger charge is -2.58. The second-order valence-electron chi connectivity index (χ2n) is 13.1. The Labute approximate surface area is 227 Å². The molecule has 3 aliphatic rings. The first kappa shape index (κ1) is 28.2. The topological polar surface area (TPSA) is 80.7 Å². The van der Waals surface area contributed by atoms with Gasteiger partial charge in [0.2, 0.25) is 0 Å². The van der Waals surface area contributed by atoms with Gasteiger partial charge in [-0.3, -0.25) is 14.4 Å². The Bertz CT molecular complexity index is 1250. The zero-order valence-electron chi connectivity index (χ0n) is 24.1. The van der Waals surface area contributed by atoms with E-state index in [0.29, 0.717) is 29.7 Å². The van der Waals surface area contributed by atoms with Crippen LogP contribution >= 0.6 is 0 Å². The number of allylic oxidation sites excluding steroid dienone is 6. The van der Waals surface area contributed by atoms with Gasteiger partial charge in [-0.25, -0.2) is 0 Å². The van der Waals surface area contributed by atoms with E-state index in [1.165, 1.54) is 0 Å². The fourth-order valence-electron chi connectivity index (χ4n) is 6.84. The number of fused-ring (bicyclic) bond motifs is 1. The summed E-state index contributed by atoms with van der Waals surface area (Å²) in [5.41, 5.74) is -2.24. The first-order chi connectivity index (χ1) is 17.6. The van der Waals surface area contributed by atoms with Gasteiger partial charge in [-0.2, -0.15) is 0 Å². The number of ketones is 3. The predicted octanol–water partition coefficient (Wildman–Crippen LogP) is 6.57. The zero-order valence-corrected chi connectivity index (χ0v) is 24.1. The van der Waals surface area contributed by atoms with Gasteiger partial charge in [-0.1, -0.05) is 67.5 Å². The molecule has 5 heteroatoms. The van der Waals surface area contributed by atoms with Crippen molar-refractivity contribution in [1.29, 1.82) is 0 Å².